The zero-order chi connectivity index (χ0) is 54.2. The van der Waals surface area contributed by atoms with E-state index in [1.54, 1.807) is 0 Å². The summed E-state index contributed by atoms with van der Waals surface area (Å²) in [4.78, 5) is 20.6. The molecule has 384 valence electrons. The average Bonchev–Trinajstić information content (AvgIpc) is 3.64. The molecule has 0 saturated carbocycles. The first-order valence-corrected chi connectivity index (χ1v) is 27.2. The first kappa shape index (κ1) is 51.2. The van der Waals surface area contributed by atoms with Gasteiger partial charge in [-0.1, -0.05) is 244 Å². The van der Waals surface area contributed by atoms with Crippen LogP contribution in [0.1, 0.15) is 79.0 Å². The normalized spacial score (nSPS) is 11.9. The van der Waals surface area contributed by atoms with E-state index >= 15 is 0 Å². The minimum Gasteiger partial charge on any atom is -0.310 e. The molecule has 11 rings (SSSR count). The summed E-state index contributed by atoms with van der Waals surface area (Å²) in [5.74, 6) is 1.86. The molecule has 0 aliphatic rings. The molecule has 0 N–H and O–H groups in total. The Morgan fingerprint density at radius 1 is 0.269 bits per heavy atom. The van der Waals surface area contributed by atoms with E-state index < -0.39 is 0 Å². The highest BCUT2D eigenvalue weighted by molar-refractivity contribution is 6.08. The van der Waals surface area contributed by atoms with Gasteiger partial charge in [-0.3, -0.25) is 0 Å². The molecule has 0 spiro atoms. The Kier molecular flexibility index (Phi) is 13.7. The van der Waals surface area contributed by atoms with Gasteiger partial charge in [0.05, 0.1) is 17.1 Å². The minimum absolute atomic E-state index is 0.0235. The molecule has 0 fully saturated rings. The Morgan fingerprint density at radius 2 is 0.679 bits per heavy atom. The van der Waals surface area contributed by atoms with Gasteiger partial charge >= 0.3 is 0 Å². The van der Waals surface area contributed by atoms with Crippen LogP contribution < -0.4 is 9.80 Å². The van der Waals surface area contributed by atoms with Gasteiger partial charge < -0.3 is 9.80 Å². The molecule has 1 aromatic heterocycles. The monoisotopic (exact) mass is 1010 g/mol. The van der Waals surface area contributed by atoms with Gasteiger partial charge in [-0.05, 0) is 116 Å². The third-order valence-corrected chi connectivity index (χ3v) is 14.8. The molecule has 10 aromatic carbocycles. The van der Waals surface area contributed by atoms with Crippen molar-refractivity contribution in [3.63, 3.8) is 0 Å². The van der Waals surface area contributed by atoms with Gasteiger partial charge in [-0.2, -0.15) is 0 Å². The highest BCUT2D eigenvalue weighted by Crippen LogP contribution is 2.53. The van der Waals surface area contributed by atoms with Crippen LogP contribution in [-0.2, 0) is 16.2 Å². The Labute approximate surface area is 461 Å². The van der Waals surface area contributed by atoms with Crippen LogP contribution in [0.3, 0.4) is 0 Å². The molecule has 0 unspecified atom stereocenters. The lowest BCUT2D eigenvalue weighted by atomic mass is 9.83. The number of anilines is 6. The first-order chi connectivity index (χ1) is 37.6. The quantitative estimate of drug-likeness (QED) is 0.129. The number of hydrogen-bond acceptors (Lipinski definition) is 5. The second kappa shape index (κ2) is 20.9. The van der Waals surface area contributed by atoms with E-state index in [4.69, 9.17) is 15.0 Å². The molecule has 0 bridgehead atoms. The van der Waals surface area contributed by atoms with Crippen molar-refractivity contribution >= 4 is 44.9 Å². The molecular formula is C73H67N5. The van der Waals surface area contributed by atoms with Crippen molar-refractivity contribution in [2.75, 3.05) is 9.80 Å². The molecule has 0 amide bonds. The Hall–Kier alpha value is -8.93. The van der Waals surface area contributed by atoms with Gasteiger partial charge in [0.1, 0.15) is 0 Å². The minimum atomic E-state index is -0.258. The molecule has 0 aliphatic carbocycles. The highest BCUT2D eigenvalue weighted by atomic mass is 15.2. The second-order valence-corrected chi connectivity index (χ2v) is 23.4. The fourth-order valence-electron chi connectivity index (χ4n) is 10.4. The zero-order valence-corrected chi connectivity index (χ0v) is 46.3. The summed E-state index contributed by atoms with van der Waals surface area (Å²) in [7, 11) is 0. The van der Waals surface area contributed by atoms with Crippen LogP contribution in [0.25, 0.3) is 67.2 Å². The van der Waals surface area contributed by atoms with Crippen LogP contribution in [0.2, 0.25) is 0 Å². The Balaban J connectivity index is 1.22. The average molecular weight is 1010 g/mol. The predicted octanol–water partition coefficient (Wildman–Crippen LogP) is 20.2. The van der Waals surface area contributed by atoms with E-state index in [9.17, 15) is 0 Å². The summed E-state index contributed by atoms with van der Waals surface area (Å²) < 4.78 is 0. The molecule has 1 heterocycles. The maximum atomic E-state index is 5.26. The summed E-state index contributed by atoms with van der Waals surface area (Å²) >= 11 is 0. The summed E-state index contributed by atoms with van der Waals surface area (Å²) in [6.07, 6.45) is 0. The van der Waals surface area contributed by atoms with Crippen LogP contribution in [0.15, 0.2) is 243 Å². The lowest BCUT2D eigenvalue weighted by Gasteiger charge is -2.36. The molecule has 0 aliphatic heterocycles. The molecule has 11 aromatic rings. The van der Waals surface area contributed by atoms with E-state index in [0.717, 1.165) is 78.3 Å². The van der Waals surface area contributed by atoms with Gasteiger partial charge in [-0.25, -0.2) is 15.0 Å². The molecule has 5 heteroatoms. The van der Waals surface area contributed by atoms with Crippen LogP contribution in [0.5, 0.6) is 0 Å². The van der Waals surface area contributed by atoms with Crippen molar-refractivity contribution in [2.45, 2.75) is 78.6 Å². The van der Waals surface area contributed by atoms with Crippen molar-refractivity contribution in [3.8, 4) is 56.4 Å². The van der Waals surface area contributed by atoms with Gasteiger partial charge in [0, 0.05) is 44.7 Å². The third-order valence-electron chi connectivity index (χ3n) is 14.8. The second-order valence-electron chi connectivity index (χ2n) is 23.4. The van der Waals surface area contributed by atoms with Crippen molar-refractivity contribution in [1.82, 2.24) is 15.0 Å². The third kappa shape index (κ3) is 10.5. The standard InChI is InChI=1S/C73H67N5/c1-71(2,3)55-37-41-58(42-38-55)77(60-34-24-33-54(47-60)50-25-14-10-15-26-50)65-48-57(73(7,8)9)49-66(67(65)51-27-16-11-17-28-51)78(59-43-39-56(40-44-59)72(4,5)6)64-46-45-63(61-35-22-23-36-62(61)64)70-75-68(52-29-18-12-19-30-52)74-69(76-70)53-31-20-13-21-32-53/h10-49H,1-9H3. The van der Waals surface area contributed by atoms with E-state index in [2.05, 4.69) is 278 Å². The lowest BCUT2D eigenvalue weighted by Crippen LogP contribution is -2.20. The first-order valence-electron chi connectivity index (χ1n) is 27.2. The van der Waals surface area contributed by atoms with Gasteiger partial charge in [0.25, 0.3) is 0 Å². The van der Waals surface area contributed by atoms with E-state index in [0.29, 0.717) is 17.5 Å². The molecule has 0 atom stereocenters. The molecule has 0 radical (unpaired) electrons. The maximum absolute atomic E-state index is 5.26. The zero-order valence-electron chi connectivity index (χ0n) is 46.3. The number of hydrogen-bond donors (Lipinski definition) is 0. The smallest absolute Gasteiger partial charge is 0.164 e. The Morgan fingerprint density at radius 3 is 1.18 bits per heavy atom. The fourth-order valence-corrected chi connectivity index (χ4v) is 10.4. The molecular weight excluding hydrogens is 947 g/mol. The lowest BCUT2D eigenvalue weighted by molar-refractivity contribution is 0.589. The largest absolute Gasteiger partial charge is 0.310 e. The maximum Gasteiger partial charge on any atom is 0.164 e. The molecule has 78 heavy (non-hydrogen) atoms. The fraction of sp³-hybridized carbons (Fsp3) is 0.164. The predicted molar refractivity (Wildman–Crippen MR) is 330 cm³/mol. The highest BCUT2D eigenvalue weighted by Gasteiger charge is 2.30. The van der Waals surface area contributed by atoms with Gasteiger partial charge in [0.15, 0.2) is 17.5 Å². The summed E-state index contributed by atoms with van der Waals surface area (Å²) in [6, 6.07) is 87.6. The van der Waals surface area contributed by atoms with Crippen LogP contribution >= 0.6 is 0 Å². The van der Waals surface area contributed by atoms with E-state index in [1.165, 1.54) is 22.3 Å². The number of fused-ring (bicyclic) bond motifs is 1. The van der Waals surface area contributed by atoms with E-state index in [1.807, 2.05) is 36.4 Å². The molecule has 0 saturated heterocycles. The van der Waals surface area contributed by atoms with E-state index in [-0.39, 0.29) is 16.2 Å². The number of aromatic nitrogens is 3. The summed E-state index contributed by atoms with van der Waals surface area (Å²) in [6.45, 7) is 20.7. The Bertz CT molecular complexity index is 3810. The van der Waals surface area contributed by atoms with Crippen molar-refractivity contribution < 1.29 is 0 Å². The van der Waals surface area contributed by atoms with Crippen LogP contribution in [0, 0.1) is 0 Å². The van der Waals surface area contributed by atoms with Gasteiger partial charge in [0.2, 0.25) is 0 Å². The number of benzene rings is 10. The van der Waals surface area contributed by atoms with Crippen LogP contribution in [0.4, 0.5) is 34.1 Å². The van der Waals surface area contributed by atoms with Crippen molar-refractivity contribution in [2.24, 2.45) is 0 Å². The SMILES string of the molecule is CC(C)(C)c1ccc(N(c2cccc(-c3ccccc3)c2)c2cc(C(C)(C)C)cc(N(c3ccc(C(C)(C)C)cc3)c3ccc(-c4nc(-c5ccccc5)nc(-c5ccccc5)n4)c4ccccc34)c2-c2ccccc2)cc1. The van der Waals surface area contributed by atoms with Crippen molar-refractivity contribution in [1.29, 1.82) is 0 Å². The summed E-state index contributed by atoms with van der Waals surface area (Å²) in [5, 5.41) is 2.09. The summed E-state index contributed by atoms with van der Waals surface area (Å²) in [5.41, 5.74) is 17.0. The molecule has 5 nitrogen and oxygen atoms in total. The van der Waals surface area contributed by atoms with Crippen molar-refractivity contribution in [3.05, 3.63) is 259 Å². The van der Waals surface area contributed by atoms with Crippen LogP contribution in [-0.4, -0.2) is 15.0 Å². The number of nitrogens with zero attached hydrogens (tertiary/aromatic N) is 5. The topological polar surface area (TPSA) is 45.2 Å². The van der Waals surface area contributed by atoms with Gasteiger partial charge in [-0.15, -0.1) is 0 Å². The number of rotatable bonds is 11.